The summed E-state index contributed by atoms with van der Waals surface area (Å²) in [6.07, 6.45) is 5.59. The molecular formula is C17H22N2O. The van der Waals surface area contributed by atoms with E-state index in [-0.39, 0.29) is 5.78 Å². The first-order chi connectivity index (χ1) is 9.78. The molecule has 2 heterocycles. The van der Waals surface area contributed by atoms with Gasteiger partial charge in [0.1, 0.15) is 0 Å². The van der Waals surface area contributed by atoms with Crippen molar-refractivity contribution in [2.45, 2.75) is 26.2 Å². The maximum absolute atomic E-state index is 12.5. The van der Waals surface area contributed by atoms with Gasteiger partial charge in [0.05, 0.1) is 6.54 Å². The van der Waals surface area contributed by atoms with Gasteiger partial charge in [-0.15, -0.1) is 0 Å². The summed E-state index contributed by atoms with van der Waals surface area (Å²) in [5, 5.41) is 1.04. The number of hydrogen-bond donors (Lipinski definition) is 1. The van der Waals surface area contributed by atoms with Crippen LogP contribution in [0.25, 0.3) is 10.9 Å². The molecule has 0 unspecified atom stereocenters. The first-order valence-electron chi connectivity index (χ1n) is 7.59. The maximum Gasteiger partial charge on any atom is 0.178 e. The number of Topliss-reactive ketones (excluding diaryl/α,β-unsaturated/α-hetero) is 1. The molecule has 0 spiro atoms. The molecule has 1 saturated heterocycles. The van der Waals surface area contributed by atoms with Crippen LogP contribution >= 0.6 is 0 Å². The highest BCUT2D eigenvalue weighted by atomic mass is 16.1. The molecule has 106 valence electrons. The molecular weight excluding hydrogens is 248 g/mol. The number of carbonyl (C=O) groups is 1. The number of aromatic nitrogens is 1. The fourth-order valence-electron chi connectivity index (χ4n) is 3.14. The second-order valence-corrected chi connectivity index (χ2v) is 5.80. The van der Waals surface area contributed by atoms with Crippen LogP contribution in [0.4, 0.5) is 0 Å². The molecule has 1 N–H and O–H groups in total. The Hall–Kier alpha value is -1.61. The van der Waals surface area contributed by atoms with Crippen molar-refractivity contribution in [1.82, 2.24) is 9.88 Å². The van der Waals surface area contributed by atoms with Crippen LogP contribution in [0.5, 0.6) is 0 Å². The number of fused-ring (bicyclic) bond motifs is 1. The lowest BCUT2D eigenvalue weighted by molar-refractivity contribution is 0.0896. The summed E-state index contributed by atoms with van der Waals surface area (Å²) in [6, 6.07) is 8.00. The molecule has 1 aliphatic heterocycles. The third kappa shape index (κ3) is 2.63. The SMILES string of the molecule is CCC1CCN(CC(=O)c2c[nH]c3ccccc23)CC1. The number of carbonyl (C=O) groups excluding carboxylic acids is 1. The summed E-state index contributed by atoms with van der Waals surface area (Å²) >= 11 is 0. The lowest BCUT2D eigenvalue weighted by Gasteiger charge is -2.30. The lowest BCUT2D eigenvalue weighted by atomic mass is 9.94. The van der Waals surface area contributed by atoms with Crippen molar-refractivity contribution in [3.63, 3.8) is 0 Å². The van der Waals surface area contributed by atoms with E-state index in [4.69, 9.17) is 0 Å². The number of ketones is 1. The topological polar surface area (TPSA) is 36.1 Å². The number of aromatic amines is 1. The van der Waals surface area contributed by atoms with Gasteiger partial charge in [-0.05, 0) is 37.9 Å². The molecule has 1 aliphatic rings. The molecule has 0 saturated carbocycles. The van der Waals surface area contributed by atoms with Gasteiger partial charge in [0, 0.05) is 22.7 Å². The molecule has 3 heteroatoms. The van der Waals surface area contributed by atoms with Crippen molar-refractivity contribution in [1.29, 1.82) is 0 Å². The number of likely N-dealkylation sites (tertiary alicyclic amines) is 1. The standard InChI is InChI=1S/C17H22N2O/c1-2-13-7-9-19(10-8-13)12-17(20)15-11-18-16-6-4-3-5-14(15)16/h3-6,11,13,18H,2,7-10,12H2,1H3. The van der Waals surface area contributed by atoms with Gasteiger partial charge in [-0.2, -0.15) is 0 Å². The van der Waals surface area contributed by atoms with E-state index in [1.807, 2.05) is 30.5 Å². The Morgan fingerprint density at radius 2 is 2.05 bits per heavy atom. The van der Waals surface area contributed by atoms with Crippen molar-refractivity contribution in [3.8, 4) is 0 Å². The number of nitrogens with one attached hydrogen (secondary N) is 1. The van der Waals surface area contributed by atoms with Crippen LogP contribution in [-0.4, -0.2) is 35.3 Å². The number of piperidine rings is 1. The van der Waals surface area contributed by atoms with Crippen molar-refractivity contribution in [2.75, 3.05) is 19.6 Å². The van der Waals surface area contributed by atoms with Gasteiger partial charge in [-0.1, -0.05) is 31.5 Å². The Labute approximate surface area is 120 Å². The Bertz CT molecular complexity index is 594. The van der Waals surface area contributed by atoms with Gasteiger partial charge in [0.2, 0.25) is 0 Å². The van der Waals surface area contributed by atoms with E-state index in [2.05, 4.69) is 16.8 Å². The predicted octanol–water partition coefficient (Wildman–Crippen LogP) is 3.47. The zero-order valence-corrected chi connectivity index (χ0v) is 12.1. The van der Waals surface area contributed by atoms with Gasteiger partial charge in [0.15, 0.2) is 5.78 Å². The van der Waals surface area contributed by atoms with Crippen molar-refractivity contribution in [3.05, 3.63) is 36.0 Å². The van der Waals surface area contributed by atoms with E-state index in [0.29, 0.717) is 6.54 Å². The number of para-hydroxylation sites is 1. The fourth-order valence-corrected chi connectivity index (χ4v) is 3.14. The minimum absolute atomic E-state index is 0.234. The average Bonchev–Trinajstić information content (AvgIpc) is 2.92. The van der Waals surface area contributed by atoms with Crippen LogP contribution in [0.2, 0.25) is 0 Å². The molecule has 3 nitrogen and oxygen atoms in total. The second-order valence-electron chi connectivity index (χ2n) is 5.80. The molecule has 20 heavy (non-hydrogen) atoms. The van der Waals surface area contributed by atoms with Gasteiger partial charge in [-0.3, -0.25) is 9.69 Å². The normalized spacial score (nSPS) is 17.6. The number of nitrogens with zero attached hydrogens (tertiary/aromatic N) is 1. The summed E-state index contributed by atoms with van der Waals surface area (Å²) in [7, 11) is 0. The van der Waals surface area contributed by atoms with Crippen molar-refractivity contribution in [2.24, 2.45) is 5.92 Å². The van der Waals surface area contributed by atoms with Gasteiger partial charge in [0.25, 0.3) is 0 Å². The first kappa shape index (κ1) is 13.4. The Morgan fingerprint density at radius 3 is 2.80 bits per heavy atom. The summed E-state index contributed by atoms with van der Waals surface area (Å²) in [6.45, 7) is 4.94. The molecule has 0 amide bonds. The smallest absolute Gasteiger partial charge is 0.178 e. The van der Waals surface area contributed by atoms with Gasteiger partial charge < -0.3 is 4.98 Å². The minimum atomic E-state index is 0.234. The molecule has 0 bridgehead atoms. The van der Waals surface area contributed by atoms with E-state index >= 15 is 0 Å². The molecule has 2 aromatic rings. The van der Waals surface area contributed by atoms with E-state index in [9.17, 15) is 4.79 Å². The van der Waals surface area contributed by atoms with E-state index < -0.39 is 0 Å². The van der Waals surface area contributed by atoms with E-state index in [0.717, 1.165) is 35.5 Å². The molecule has 1 aromatic carbocycles. The zero-order chi connectivity index (χ0) is 13.9. The summed E-state index contributed by atoms with van der Waals surface area (Å²) in [5.41, 5.74) is 1.87. The summed E-state index contributed by atoms with van der Waals surface area (Å²) in [4.78, 5) is 18.0. The van der Waals surface area contributed by atoms with Crippen molar-refractivity contribution < 1.29 is 4.79 Å². The number of H-pyrrole nitrogens is 1. The third-order valence-corrected chi connectivity index (χ3v) is 4.54. The number of hydrogen-bond acceptors (Lipinski definition) is 2. The highest BCUT2D eigenvalue weighted by Gasteiger charge is 2.21. The monoisotopic (exact) mass is 270 g/mol. The van der Waals surface area contributed by atoms with Gasteiger partial charge >= 0.3 is 0 Å². The number of benzene rings is 1. The first-order valence-corrected chi connectivity index (χ1v) is 7.59. The van der Waals surface area contributed by atoms with Crippen LogP contribution in [-0.2, 0) is 0 Å². The molecule has 0 aliphatic carbocycles. The Balaban J connectivity index is 1.68. The van der Waals surface area contributed by atoms with E-state index in [1.54, 1.807) is 0 Å². The van der Waals surface area contributed by atoms with E-state index in [1.165, 1.54) is 19.3 Å². The van der Waals surface area contributed by atoms with Crippen LogP contribution in [0.15, 0.2) is 30.5 Å². The quantitative estimate of drug-likeness (QED) is 0.864. The zero-order valence-electron chi connectivity index (χ0n) is 12.1. The third-order valence-electron chi connectivity index (χ3n) is 4.54. The Morgan fingerprint density at radius 1 is 1.30 bits per heavy atom. The van der Waals surface area contributed by atoms with Crippen LogP contribution < -0.4 is 0 Å². The van der Waals surface area contributed by atoms with Crippen molar-refractivity contribution >= 4 is 16.7 Å². The fraction of sp³-hybridized carbons (Fsp3) is 0.471. The Kier molecular flexibility index (Phi) is 3.88. The van der Waals surface area contributed by atoms with Crippen LogP contribution in [0.1, 0.15) is 36.5 Å². The average molecular weight is 270 g/mol. The highest BCUT2D eigenvalue weighted by molar-refractivity contribution is 6.08. The predicted molar refractivity (Wildman–Crippen MR) is 82.1 cm³/mol. The minimum Gasteiger partial charge on any atom is -0.360 e. The highest BCUT2D eigenvalue weighted by Crippen LogP contribution is 2.22. The summed E-state index contributed by atoms with van der Waals surface area (Å²) in [5.74, 6) is 1.09. The number of rotatable bonds is 4. The van der Waals surface area contributed by atoms with Gasteiger partial charge in [-0.25, -0.2) is 0 Å². The molecule has 1 aromatic heterocycles. The van der Waals surface area contributed by atoms with Crippen LogP contribution in [0.3, 0.4) is 0 Å². The molecule has 1 fully saturated rings. The molecule has 0 radical (unpaired) electrons. The lowest BCUT2D eigenvalue weighted by Crippen LogP contribution is -2.37. The molecule has 0 atom stereocenters. The maximum atomic E-state index is 12.5. The second kappa shape index (κ2) is 5.80. The summed E-state index contributed by atoms with van der Waals surface area (Å²) < 4.78 is 0. The van der Waals surface area contributed by atoms with Crippen LogP contribution in [0, 0.1) is 5.92 Å². The molecule has 3 rings (SSSR count). The largest absolute Gasteiger partial charge is 0.360 e.